The van der Waals surface area contributed by atoms with Crippen molar-refractivity contribution in [2.75, 3.05) is 13.2 Å². The fourth-order valence-corrected chi connectivity index (χ4v) is 3.33. The van der Waals surface area contributed by atoms with Gasteiger partial charge in [-0.2, -0.15) is 0 Å². The van der Waals surface area contributed by atoms with Gasteiger partial charge in [0.1, 0.15) is 22.6 Å². The predicted molar refractivity (Wildman–Crippen MR) is 129 cm³/mol. The summed E-state index contributed by atoms with van der Waals surface area (Å²) < 4.78 is 23.0. The van der Waals surface area contributed by atoms with Crippen LogP contribution in [-0.4, -0.2) is 25.2 Å². The van der Waals surface area contributed by atoms with Crippen molar-refractivity contribution in [2.45, 2.75) is 13.8 Å². The molecule has 0 N–H and O–H groups in total. The Morgan fingerprint density at radius 1 is 0.688 bits per heavy atom. The van der Waals surface area contributed by atoms with Crippen LogP contribution in [0.25, 0.3) is 0 Å². The van der Waals surface area contributed by atoms with Gasteiger partial charge in [0.15, 0.2) is 0 Å². The minimum atomic E-state index is -0.935. The Labute approximate surface area is 212 Å². The van der Waals surface area contributed by atoms with Crippen molar-refractivity contribution in [2.24, 2.45) is 0 Å². The molecule has 32 heavy (non-hydrogen) atoms. The molecular weight excluding hydrogens is 591 g/mol. The Kier molecular flexibility index (Phi) is 10.6. The van der Waals surface area contributed by atoms with Gasteiger partial charge >= 0.3 is 11.9 Å². The van der Waals surface area contributed by atoms with E-state index in [0.29, 0.717) is 11.5 Å². The van der Waals surface area contributed by atoms with E-state index in [4.69, 9.17) is 42.1 Å². The van der Waals surface area contributed by atoms with E-state index in [-0.39, 0.29) is 13.2 Å². The highest BCUT2D eigenvalue weighted by molar-refractivity contribution is 9.10. The zero-order valence-electron chi connectivity index (χ0n) is 17.0. The largest absolute Gasteiger partial charge is 0.462 e. The summed E-state index contributed by atoms with van der Waals surface area (Å²) in [7, 11) is 0. The number of esters is 2. The van der Waals surface area contributed by atoms with E-state index in [1.54, 1.807) is 62.4 Å². The second-order valence-electron chi connectivity index (χ2n) is 5.85. The number of halogens is 4. The molecule has 0 saturated carbocycles. The van der Waals surface area contributed by atoms with Crippen LogP contribution in [0.4, 0.5) is 0 Å². The number of hydrogen-bond donors (Lipinski definition) is 0. The molecule has 0 fully saturated rings. The van der Waals surface area contributed by atoms with Crippen LogP contribution in [-0.2, 0) is 19.1 Å². The fraction of sp³-hybridized carbons (Fsp3) is 0.182. The van der Waals surface area contributed by atoms with Gasteiger partial charge in [0.05, 0.1) is 13.2 Å². The van der Waals surface area contributed by atoms with Gasteiger partial charge in [0, 0.05) is 8.95 Å². The zero-order valence-corrected chi connectivity index (χ0v) is 21.7. The Hall–Kier alpha value is -2.00. The average molecular weight is 609 g/mol. The molecule has 6 nitrogen and oxygen atoms in total. The van der Waals surface area contributed by atoms with Gasteiger partial charge in [-0.05, 0) is 85.6 Å². The smallest absolute Gasteiger partial charge is 0.343 e. The molecule has 10 heteroatoms. The van der Waals surface area contributed by atoms with Crippen LogP contribution in [0.3, 0.4) is 0 Å². The minimum Gasteiger partial charge on any atom is -0.462 e. The molecule has 0 aliphatic rings. The summed E-state index contributed by atoms with van der Waals surface area (Å²) in [6, 6.07) is 13.3. The fourth-order valence-electron chi connectivity index (χ4n) is 2.28. The average Bonchev–Trinajstić information content (AvgIpc) is 2.75. The number of ether oxygens (including phenoxy) is 4. The molecule has 0 aromatic heterocycles. The predicted octanol–water partition coefficient (Wildman–Crippen LogP) is 6.70. The maximum atomic E-state index is 12.8. The highest BCUT2D eigenvalue weighted by Gasteiger charge is 2.32. The van der Waals surface area contributed by atoms with Crippen LogP contribution in [0.5, 0.6) is 11.5 Å². The second-order valence-corrected chi connectivity index (χ2v) is 8.37. The van der Waals surface area contributed by atoms with Crippen LogP contribution in [0.15, 0.2) is 79.1 Å². The second kappa shape index (κ2) is 12.9. The summed E-state index contributed by atoms with van der Waals surface area (Å²) in [5.41, 5.74) is -0.867. The first-order chi connectivity index (χ1) is 15.3. The van der Waals surface area contributed by atoms with Gasteiger partial charge in [-0.3, -0.25) is 0 Å². The molecule has 0 bridgehead atoms. The molecule has 0 spiro atoms. The quantitative estimate of drug-likeness (QED) is 0.137. The number of benzene rings is 2. The third-order valence-electron chi connectivity index (χ3n) is 3.64. The molecule has 2 aromatic rings. The van der Waals surface area contributed by atoms with E-state index in [0.717, 1.165) is 8.95 Å². The van der Waals surface area contributed by atoms with Crippen molar-refractivity contribution in [1.29, 1.82) is 0 Å². The maximum absolute atomic E-state index is 12.8. The van der Waals surface area contributed by atoms with E-state index in [1.807, 2.05) is 0 Å². The van der Waals surface area contributed by atoms with E-state index in [1.165, 1.54) is 0 Å². The van der Waals surface area contributed by atoms with E-state index in [2.05, 4.69) is 31.9 Å². The summed E-state index contributed by atoms with van der Waals surface area (Å²) in [5.74, 6) is -1.24. The third-order valence-corrected chi connectivity index (χ3v) is 5.23. The summed E-state index contributed by atoms with van der Waals surface area (Å²) in [6.45, 7) is 3.25. The molecule has 0 aliphatic carbocycles. The lowest BCUT2D eigenvalue weighted by Gasteiger charge is -2.15. The van der Waals surface area contributed by atoms with Crippen LogP contribution >= 0.6 is 55.1 Å². The van der Waals surface area contributed by atoms with Gasteiger partial charge in [0.25, 0.3) is 0 Å². The summed E-state index contributed by atoms with van der Waals surface area (Å²) in [4.78, 5) is 25.5. The summed E-state index contributed by atoms with van der Waals surface area (Å²) in [6.07, 6.45) is 0. The number of hydrogen-bond acceptors (Lipinski definition) is 6. The molecule has 0 heterocycles. The Morgan fingerprint density at radius 3 is 1.28 bits per heavy atom. The van der Waals surface area contributed by atoms with Crippen molar-refractivity contribution in [3.8, 4) is 11.5 Å². The molecule has 0 radical (unpaired) electrons. The molecule has 170 valence electrons. The highest BCUT2D eigenvalue weighted by atomic mass is 79.9. The highest BCUT2D eigenvalue weighted by Crippen LogP contribution is 2.30. The first-order valence-corrected chi connectivity index (χ1v) is 11.6. The summed E-state index contributed by atoms with van der Waals surface area (Å²) in [5, 5.41) is -0.877. The number of carbonyl (C=O) groups is 2. The normalized spacial score (nSPS) is 12.3. The number of rotatable bonds is 9. The molecule has 2 rings (SSSR count). The van der Waals surface area contributed by atoms with Crippen LogP contribution in [0.1, 0.15) is 13.8 Å². The van der Waals surface area contributed by atoms with Gasteiger partial charge in [-0.25, -0.2) is 9.59 Å². The lowest BCUT2D eigenvalue weighted by molar-refractivity contribution is -0.142. The molecule has 0 saturated heterocycles. The Balaban J connectivity index is 2.59. The van der Waals surface area contributed by atoms with Gasteiger partial charge in [0.2, 0.25) is 10.4 Å². The lowest BCUT2D eigenvalue weighted by Crippen LogP contribution is -2.21. The van der Waals surface area contributed by atoms with Gasteiger partial charge in [-0.15, -0.1) is 0 Å². The van der Waals surface area contributed by atoms with Crippen LogP contribution in [0, 0.1) is 0 Å². The van der Waals surface area contributed by atoms with Crippen molar-refractivity contribution in [1.82, 2.24) is 0 Å². The molecule has 2 aromatic carbocycles. The molecule has 0 aliphatic heterocycles. The SMILES string of the molecule is CCOC(=O)C(=C(\Cl)Oc1ccc(Br)cc1)/C(C(=O)OCC)=C(\Cl)Oc1ccc(Br)cc1. The zero-order chi connectivity index (χ0) is 23.7. The standard InChI is InChI=1S/C22H18Br2Cl2O6/c1-3-29-21(27)17(19(25)31-15-9-5-13(23)6-10-15)18(22(28)30-4-2)20(26)32-16-11-7-14(24)8-12-16/h5-12H,3-4H2,1-2H3/b19-17-,20-18+. The van der Waals surface area contributed by atoms with Crippen molar-refractivity contribution >= 4 is 67.0 Å². The maximum Gasteiger partial charge on any atom is 0.343 e. The van der Waals surface area contributed by atoms with E-state index in [9.17, 15) is 9.59 Å². The first-order valence-electron chi connectivity index (χ1n) is 9.27. The van der Waals surface area contributed by atoms with Gasteiger partial charge < -0.3 is 18.9 Å². The van der Waals surface area contributed by atoms with Crippen molar-refractivity contribution in [3.63, 3.8) is 0 Å². The Morgan fingerprint density at radius 2 is 1.00 bits per heavy atom. The monoisotopic (exact) mass is 606 g/mol. The van der Waals surface area contributed by atoms with Gasteiger partial charge in [-0.1, -0.05) is 31.9 Å². The molecule has 0 unspecified atom stereocenters. The Bertz CT molecular complexity index is 934. The van der Waals surface area contributed by atoms with Crippen molar-refractivity contribution < 1.29 is 28.5 Å². The summed E-state index contributed by atoms with van der Waals surface area (Å²) >= 11 is 19.3. The topological polar surface area (TPSA) is 71.1 Å². The van der Waals surface area contributed by atoms with E-state index < -0.39 is 33.5 Å². The molecular formula is C22H18Br2Cl2O6. The lowest BCUT2D eigenvalue weighted by atomic mass is 10.1. The van der Waals surface area contributed by atoms with E-state index >= 15 is 0 Å². The first kappa shape index (κ1) is 26.3. The number of carbonyl (C=O) groups excluding carboxylic acids is 2. The van der Waals surface area contributed by atoms with Crippen molar-refractivity contribution in [3.05, 3.63) is 79.1 Å². The minimum absolute atomic E-state index is 0.0199. The van der Waals surface area contributed by atoms with Crippen LogP contribution < -0.4 is 9.47 Å². The van der Waals surface area contributed by atoms with Crippen LogP contribution in [0.2, 0.25) is 0 Å². The molecule has 0 amide bonds. The molecule has 0 atom stereocenters. The third kappa shape index (κ3) is 7.55.